The molecule has 0 saturated carbocycles. The highest BCUT2D eigenvalue weighted by Gasteiger charge is 2.25. The number of rotatable bonds is 4. The molecule has 0 bridgehead atoms. The zero-order valence-corrected chi connectivity index (χ0v) is 16.2. The molecule has 0 atom stereocenters. The first-order valence-corrected chi connectivity index (χ1v) is 10.6. The van der Waals surface area contributed by atoms with Gasteiger partial charge >= 0.3 is 0 Å². The first kappa shape index (κ1) is 19.8. The van der Waals surface area contributed by atoms with Crippen LogP contribution >= 0.6 is 11.6 Å². The number of hydrogen-bond acceptors (Lipinski definition) is 3. The normalized spacial score (nSPS) is 15.9. The number of hydrogen-bond donors (Lipinski definition) is 1. The van der Waals surface area contributed by atoms with Crippen LogP contribution in [0.4, 0.5) is 10.1 Å². The summed E-state index contributed by atoms with van der Waals surface area (Å²) in [5.74, 6) is -1.26. The van der Waals surface area contributed by atoms with Gasteiger partial charge in [-0.2, -0.15) is 4.31 Å². The third kappa shape index (κ3) is 4.66. The Morgan fingerprint density at radius 1 is 1.04 bits per heavy atom. The second-order valence-electron chi connectivity index (χ2n) is 6.42. The fraction of sp³-hybridized carbons (Fsp3) is 0.316. The van der Waals surface area contributed by atoms with E-state index in [1.165, 1.54) is 40.7 Å². The highest BCUT2D eigenvalue weighted by Crippen LogP contribution is 2.23. The molecule has 0 aliphatic carbocycles. The van der Waals surface area contributed by atoms with Crippen molar-refractivity contribution in [2.24, 2.45) is 0 Å². The van der Waals surface area contributed by atoms with Crippen LogP contribution in [0.25, 0.3) is 0 Å². The molecular weight excluding hydrogens is 391 g/mol. The molecular formula is C19H20ClFN2O3S. The van der Waals surface area contributed by atoms with Gasteiger partial charge in [0, 0.05) is 23.7 Å². The molecule has 1 heterocycles. The van der Waals surface area contributed by atoms with E-state index in [2.05, 4.69) is 5.32 Å². The Kier molecular flexibility index (Phi) is 6.14. The van der Waals surface area contributed by atoms with E-state index in [0.29, 0.717) is 13.1 Å². The van der Waals surface area contributed by atoms with Crippen LogP contribution in [-0.4, -0.2) is 31.7 Å². The molecule has 2 aromatic rings. The van der Waals surface area contributed by atoms with Crippen LogP contribution in [0.5, 0.6) is 0 Å². The molecule has 1 fully saturated rings. The molecule has 1 saturated heterocycles. The van der Waals surface area contributed by atoms with Gasteiger partial charge < -0.3 is 5.32 Å². The standard InChI is InChI=1S/C19H20ClFN2O3S/c20-15-8-9-18(17(21)13-15)22-19(24)14-6-5-7-16(12-14)27(25,26)23-10-3-1-2-4-11-23/h5-9,12-13H,1-4,10-11H2,(H,22,24). The minimum Gasteiger partial charge on any atom is -0.319 e. The minimum atomic E-state index is -3.67. The van der Waals surface area contributed by atoms with Gasteiger partial charge in [-0.3, -0.25) is 4.79 Å². The summed E-state index contributed by atoms with van der Waals surface area (Å²) in [6, 6.07) is 9.71. The van der Waals surface area contributed by atoms with E-state index in [4.69, 9.17) is 11.6 Å². The molecule has 1 aliphatic heterocycles. The van der Waals surface area contributed by atoms with Crippen LogP contribution in [0.15, 0.2) is 47.4 Å². The zero-order chi connectivity index (χ0) is 19.4. The third-order valence-corrected chi connectivity index (χ3v) is 6.61. The number of carbonyl (C=O) groups is 1. The van der Waals surface area contributed by atoms with Gasteiger partial charge in [-0.05, 0) is 49.2 Å². The molecule has 5 nitrogen and oxygen atoms in total. The van der Waals surface area contributed by atoms with E-state index in [-0.39, 0.29) is 21.2 Å². The van der Waals surface area contributed by atoms with Gasteiger partial charge in [0.05, 0.1) is 10.6 Å². The van der Waals surface area contributed by atoms with E-state index < -0.39 is 21.7 Å². The molecule has 0 aromatic heterocycles. The van der Waals surface area contributed by atoms with E-state index in [9.17, 15) is 17.6 Å². The molecule has 1 amide bonds. The van der Waals surface area contributed by atoms with Crippen molar-refractivity contribution in [1.82, 2.24) is 4.31 Å². The number of carbonyl (C=O) groups excluding carboxylic acids is 1. The van der Waals surface area contributed by atoms with Crippen molar-refractivity contribution in [1.29, 1.82) is 0 Å². The summed E-state index contributed by atoms with van der Waals surface area (Å²) in [5.41, 5.74) is 0.116. The molecule has 0 radical (unpaired) electrons. The summed E-state index contributed by atoms with van der Waals surface area (Å²) < 4.78 is 41.1. The SMILES string of the molecule is O=C(Nc1ccc(Cl)cc1F)c1cccc(S(=O)(=O)N2CCCCCC2)c1. The molecule has 8 heteroatoms. The third-order valence-electron chi connectivity index (χ3n) is 4.48. The predicted octanol–water partition coefficient (Wildman–Crippen LogP) is 4.30. The molecule has 0 spiro atoms. The lowest BCUT2D eigenvalue weighted by molar-refractivity contribution is 0.102. The number of anilines is 1. The lowest BCUT2D eigenvalue weighted by atomic mass is 10.2. The molecule has 1 aliphatic rings. The maximum absolute atomic E-state index is 13.9. The summed E-state index contributed by atoms with van der Waals surface area (Å²) in [7, 11) is -3.67. The Bertz CT molecular complexity index is 942. The van der Waals surface area contributed by atoms with Gasteiger partial charge in [0.1, 0.15) is 5.82 Å². The topological polar surface area (TPSA) is 66.5 Å². The van der Waals surface area contributed by atoms with Crippen molar-refractivity contribution >= 4 is 33.2 Å². The largest absolute Gasteiger partial charge is 0.319 e. The van der Waals surface area contributed by atoms with E-state index in [1.54, 1.807) is 0 Å². The zero-order valence-electron chi connectivity index (χ0n) is 14.6. The van der Waals surface area contributed by atoms with Gasteiger partial charge in [-0.25, -0.2) is 12.8 Å². The Labute approximate surface area is 163 Å². The number of nitrogens with one attached hydrogen (secondary N) is 1. The predicted molar refractivity (Wildman–Crippen MR) is 103 cm³/mol. The van der Waals surface area contributed by atoms with Crippen LogP contribution in [0, 0.1) is 5.82 Å². The van der Waals surface area contributed by atoms with E-state index in [0.717, 1.165) is 31.7 Å². The van der Waals surface area contributed by atoms with Crippen LogP contribution < -0.4 is 5.32 Å². The Morgan fingerprint density at radius 3 is 2.41 bits per heavy atom. The summed E-state index contributed by atoms with van der Waals surface area (Å²) >= 11 is 5.70. The lowest BCUT2D eigenvalue weighted by Gasteiger charge is -2.20. The van der Waals surface area contributed by atoms with Crippen molar-refractivity contribution in [2.45, 2.75) is 30.6 Å². The minimum absolute atomic E-state index is 0.0230. The number of sulfonamides is 1. The summed E-state index contributed by atoms with van der Waals surface area (Å²) in [5, 5.41) is 2.66. The second kappa shape index (κ2) is 8.37. The highest BCUT2D eigenvalue weighted by atomic mass is 35.5. The number of halogens is 2. The molecule has 2 aromatic carbocycles. The fourth-order valence-corrected chi connectivity index (χ4v) is 4.74. The van der Waals surface area contributed by atoms with Crippen molar-refractivity contribution in [3.05, 3.63) is 58.9 Å². The van der Waals surface area contributed by atoms with Crippen molar-refractivity contribution < 1.29 is 17.6 Å². The van der Waals surface area contributed by atoms with Crippen molar-refractivity contribution in [2.75, 3.05) is 18.4 Å². The summed E-state index contributed by atoms with van der Waals surface area (Å²) in [4.78, 5) is 12.5. The highest BCUT2D eigenvalue weighted by molar-refractivity contribution is 7.89. The van der Waals surface area contributed by atoms with E-state index in [1.807, 2.05) is 0 Å². The van der Waals surface area contributed by atoms with Gasteiger partial charge in [0.25, 0.3) is 5.91 Å². The fourth-order valence-electron chi connectivity index (χ4n) is 3.01. The van der Waals surface area contributed by atoms with Gasteiger partial charge in [0.2, 0.25) is 10.0 Å². The Hall–Kier alpha value is -1.96. The number of nitrogens with zero attached hydrogens (tertiary/aromatic N) is 1. The quantitative estimate of drug-likeness (QED) is 0.817. The first-order chi connectivity index (χ1) is 12.9. The van der Waals surface area contributed by atoms with Gasteiger partial charge in [0.15, 0.2) is 0 Å². The van der Waals surface area contributed by atoms with Crippen LogP contribution in [0.3, 0.4) is 0 Å². The number of amides is 1. The van der Waals surface area contributed by atoms with Crippen LogP contribution in [0.2, 0.25) is 5.02 Å². The van der Waals surface area contributed by atoms with Gasteiger partial charge in [-0.15, -0.1) is 0 Å². The number of benzene rings is 2. The maximum Gasteiger partial charge on any atom is 0.255 e. The molecule has 0 unspecified atom stereocenters. The monoisotopic (exact) mass is 410 g/mol. The Balaban J connectivity index is 1.83. The maximum atomic E-state index is 13.9. The average molecular weight is 411 g/mol. The van der Waals surface area contributed by atoms with Crippen molar-refractivity contribution in [3.8, 4) is 0 Å². The van der Waals surface area contributed by atoms with E-state index >= 15 is 0 Å². The molecule has 144 valence electrons. The molecule has 3 rings (SSSR count). The van der Waals surface area contributed by atoms with Crippen LogP contribution in [-0.2, 0) is 10.0 Å². The van der Waals surface area contributed by atoms with Gasteiger partial charge in [-0.1, -0.05) is 30.5 Å². The van der Waals surface area contributed by atoms with Crippen LogP contribution in [0.1, 0.15) is 36.0 Å². The average Bonchev–Trinajstić information content (AvgIpc) is 2.94. The summed E-state index contributed by atoms with van der Waals surface area (Å²) in [6.45, 7) is 0.962. The summed E-state index contributed by atoms with van der Waals surface area (Å²) in [6.07, 6.45) is 3.69. The molecule has 1 N–H and O–H groups in total. The smallest absolute Gasteiger partial charge is 0.255 e. The first-order valence-electron chi connectivity index (χ1n) is 8.74. The second-order valence-corrected chi connectivity index (χ2v) is 8.80. The lowest BCUT2D eigenvalue weighted by Crippen LogP contribution is -2.32. The van der Waals surface area contributed by atoms with Crippen molar-refractivity contribution in [3.63, 3.8) is 0 Å². The Morgan fingerprint density at radius 2 is 1.74 bits per heavy atom. The molecule has 27 heavy (non-hydrogen) atoms.